The van der Waals surface area contributed by atoms with Crippen LogP contribution in [0.2, 0.25) is 5.02 Å². The van der Waals surface area contributed by atoms with E-state index >= 15 is 0 Å². The van der Waals surface area contributed by atoms with Gasteiger partial charge in [0.25, 0.3) is 0 Å². The zero-order valence-electron chi connectivity index (χ0n) is 17.3. The summed E-state index contributed by atoms with van der Waals surface area (Å²) in [6.45, 7) is 1.63. The Bertz CT molecular complexity index is 1180. The topological polar surface area (TPSA) is 104 Å². The molecule has 1 aliphatic rings. The third-order valence-electron chi connectivity index (χ3n) is 5.10. The average molecular weight is 486 g/mol. The molecule has 0 aliphatic carbocycles. The molecule has 2 unspecified atom stereocenters. The summed E-state index contributed by atoms with van der Waals surface area (Å²) in [6, 6.07) is 12.1. The van der Waals surface area contributed by atoms with Gasteiger partial charge in [-0.15, -0.1) is 0 Å². The van der Waals surface area contributed by atoms with Crippen molar-refractivity contribution in [2.24, 2.45) is 5.92 Å². The number of halogens is 1. The van der Waals surface area contributed by atoms with Crippen molar-refractivity contribution in [2.75, 3.05) is 30.7 Å². The average Bonchev–Trinajstić information content (AvgIpc) is 2.89. The van der Waals surface area contributed by atoms with Gasteiger partial charge in [0.05, 0.1) is 22.3 Å². The minimum Gasteiger partial charge on any atom is -0.301 e. The van der Waals surface area contributed by atoms with E-state index in [-0.39, 0.29) is 28.9 Å². The number of carbonyl (C=O) groups excluding carboxylic acids is 1. The van der Waals surface area contributed by atoms with Crippen molar-refractivity contribution in [1.29, 1.82) is 0 Å². The Kier molecular flexibility index (Phi) is 6.78. The fourth-order valence-electron chi connectivity index (χ4n) is 3.44. The number of benzene rings is 2. The van der Waals surface area contributed by atoms with E-state index in [1.165, 1.54) is 24.3 Å². The molecule has 31 heavy (non-hydrogen) atoms. The van der Waals surface area contributed by atoms with E-state index in [4.69, 9.17) is 11.6 Å². The molecule has 0 bridgehead atoms. The van der Waals surface area contributed by atoms with Gasteiger partial charge in [-0.25, -0.2) is 25.9 Å². The Morgan fingerprint density at radius 3 is 2.29 bits per heavy atom. The molecule has 2 aromatic carbocycles. The lowest BCUT2D eigenvalue weighted by atomic mass is 10.1. The van der Waals surface area contributed by atoms with Gasteiger partial charge >= 0.3 is 0 Å². The molecular formula is C20H24ClN3O5S2. The monoisotopic (exact) mass is 485 g/mol. The molecule has 1 N–H and O–H groups in total. The summed E-state index contributed by atoms with van der Waals surface area (Å²) in [5, 5.41) is 0.537. The molecule has 0 saturated carbocycles. The van der Waals surface area contributed by atoms with Crippen LogP contribution in [0.1, 0.15) is 18.5 Å². The van der Waals surface area contributed by atoms with Crippen molar-refractivity contribution in [3.8, 4) is 0 Å². The van der Waals surface area contributed by atoms with E-state index in [0.29, 0.717) is 5.02 Å². The number of sulfonamides is 2. The first-order valence-electron chi connectivity index (χ1n) is 9.51. The third kappa shape index (κ3) is 4.93. The Balaban J connectivity index is 1.80. The predicted molar refractivity (Wildman–Crippen MR) is 120 cm³/mol. The van der Waals surface area contributed by atoms with Crippen LogP contribution in [0.15, 0.2) is 53.4 Å². The Morgan fingerprint density at radius 1 is 1.16 bits per heavy atom. The predicted octanol–water partition coefficient (Wildman–Crippen LogP) is 2.23. The molecule has 2 atom stereocenters. The van der Waals surface area contributed by atoms with Crippen molar-refractivity contribution in [3.05, 3.63) is 59.1 Å². The number of likely N-dealkylation sites (N-methyl/N-ethyl adjacent to an activating group) is 1. The maximum absolute atomic E-state index is 12.8. The molecule has 11 heteroatoms. The molecular weight excluding hydrogens is 462 g/mol. The third-order valence-corrected chi connectivity index (χ3v) is 8.75. The number of carbonyl (C=O) groups is 1. The Hall–Kier alpha value is -1.98. The molecule has 1 fully saturated rings. The lowest BCUT2D eigenvalue weighted by Gasteiger charge is -2.26. The fraction of sp³-hybridized carbons (Fsp3) is 0.350. The zero-order chi connectivity index (χ0) is 23.0. The highest BCUT2D eigenvalue weighted by atomic mass is 35.5. The summed E-state index contributed by atoms with van der Waals surface area (Å²) in [7, 11) is -3.98. The quantitative estimate of drug-likeness (QED) is 0.645. The van der Waals surface area contributed by atoms with Crippen LogP contribution >= 0.6 is 11.6 Å². The first kappa shape index (κ1) is 23.7. The molecule has 2 aromatic rings. The summed E-state index contributed by atoms with van der Waals surface area (Å²) in [6.07, 6.45) is 0. The molecule has 1 saturated heterocycles. The van der Waals surface area contributed by atoms with E-state index < -0.39 is 31.9 Å². The fourth-order valence-corrected chi connectivity index (χ4v) is 6.56. The van der Waals surface area contributed by atoms with E-state index in [0.717, 1.165) is 9.87 Å². The van der Waals surface area contributed by atoms with Gasteiger partial charge in [0.15, 0.2) is 0 Å². The van der Waals surface area contributed by atoms with Crippen LogP contribution in [-0.2, 0) is 24.8 Å². The van der Waals surface area contributed by atoms with Gasteiger partial charge in [-0.2, -0.15) is 0 Å². The molecule has 168 valence electrons. The van der Waals surface area contributed by atoms with Crippen LogP contribution in [0.5, 0.6) is 0 Å². The SMILES string of the molecule is CC1CS(=O)(=O)N(c2ccc(S(=O)(=O)NCC(c3ccccc3Cl)N(C)C)cc2)C1=O. The maximum Gasteiger partial charge on any atom is 0.244 e. The van der Waals surface area contributed by atoms with Gasteiger partial charge in [0.2, 0.25) is 26.0 Å². The molecule has 1 aliphatic heterocycles. The van der Waals surface area contributed by atoms with Crippen LogP contribution in [0, 0.1) is 5.92 Å². The van der Waals surface area contributed by atoms with Gasteiger partial charge in [-0.1, -0.05) is 36.7 Å². The van der Waals surface area contributed by atoms with Crippen LogP contribution in [-0.4, -0.2) is 54.0 Å². The van der Waals surface area contributed by atoms with Crippen molar-refractivity contribution in [1.82, 2.24) is 9.62 Å². The van der Waals surface area contributed by atoms with Crippen molar-refractivity contribution in [3.63, 3.8) is 0 Å². The van der Waals surface area contributed by atoms with Crippen LogP contribution in [0.25, 0.3) is 0 Å². The first-order chi connectivity index (χ1) is 14.4. The van der Waals surface area contributed by atoms with Gasteiger partial charge in [0, 0.05) is 17.6 Å². The second kappa shape index (κ2) is 8.87. The van der Waals surface area contributed by atoms with Crippen molar-refractivity contribution in [2.45, 2.75) is 17.9 Å². The van der Waals surface area contributed by atoms with Crippen molar-refractivity contribution < 1.29 is 21.6 Å². The van der Waals surface area contributed by atoms with Crippen LogP contribution < -0.4 is 9.03 Å². The summed E-state index contributed by atoms with van der Waals surface area (Å²) in [5.74, 6) is -1.42. The minimum absolute atomic E-state index is 0.0370. The molecule has 0 spiro atoms. The van der Waals surface area contributed by atoms with Gasteiger partial charge in [-0.3, -0.25) is 4.79 Å². The highest BCUT2D eigenvalue weighted by Crippen LogP contribution is 2.29. The van der Waals surface area contributed by atoms with Crippen LogP contribution in [0.4, 0.5) is 5.69 Å². The van der Waals surface area contributed by atoms with Gasteiger partial charge in [-0.05, 0) is 50.0 Å². The second-order valence-electron chi connectivity index (χ2n) is 7.63. The van der Waals surface area contributed by atoms with Crippen LogP contribution in [0.3, 0.4) is 0 Å². The number of rotatable bonds is 7. The highest BCUT2D eigenvalue weighted by molar-refractivity contribution is 7.94. The lowest BCUT2D eigenvalue weighted by Crippen LogP contribution is -2.34. The number of hydrogen-bond acceptors (Lipinski definition) is 6. The lowest BCUT2D eigenvalue weighted by molar-refractivity contribution is -0.119. The summed E-state index contributed by atoms with van der Waals surface area (Å²) in [5.41, 5.74) is 0.912. The summed E-state index contributed by atoms with van der Waals surface area (Å²) in [4.78, 5) is 14.0. The summed E-state index contributed by atoms with van der Waals surface area (Å²) < 4.78 is 53.3. The molecule has 3 rings (SSSR count). The standard InChI is InChI=1S/C20H24ClN3O5S2/c1-14-13-30(26,27)24(20(14)25)15-8-10-16(11-9-15)31(28,29)22-12-19(23(2)3)17-6-4-5-7-18(17)21/h4-11,14,19,22H,12-13H2,1-3H3. The largest absolute Gasteiger partial charge is 0.301 e. The van der Waals surface area contributed by atoms with Gasteiger partial charge < -0.3 is 4.90 Å². The Labute approximate surface area is 187 Å². The van der Waals surface area contributed by atoms with E-state index in [1.54, 1.807) is 19.1 Å². The van der Waals surface area contributed by atoms with E-state index in [9.17, 15) is 21.6 Å². The van der Waals surface area contributed by atoms with E-state index in [2.05, 4.69) is 4.72 Å². The first-order valence-corrected chi connectivity index (χ1v) is 13.0. The normalized spacial score (nSPS) is 19.7. The van der Waals surface area contributed by atoms with Crippen molar-refractivity contribution >= 4 is 43.2 Å². The second-order valence-corrected chi connectivity index (χ2v) is 11.7. The minimum atomic E-state index is -3.88. The maximum atomic E-state index is 12.8. The molecule has 8 nitrogen and oxygen atoms in total. The Morgan fingerprint density at radius 2 is 1.77 bits per heavy atom. The number of anilines is 1. The van der Waals surface area contributed by atoms with E-state index in [1.807, 2.05) is 31.1 Å². The number of nitrogens with one attached hydrogen (secondary N) is 1. The number of hydrogen-bond donors (Lipinski definition) is 1. The van der Waals surface area contributed by atoms with Gasteiger partial charge in [0.1, 0.15) is 0 Å². The smallest absolute Gasteiger partial charge is 0.244 e. The molecule has 0 radical (unpaired) electrons. The molecule has 1 heterocycles. The molecule has 1 amide bonds. The number of nitrogens with zero attached hydrogens (tertiary/aromatic N) is 2. The number of amides is 1. The highest BCUT2D eigenvalue weighted by Gasteiger charge is 2.42. The zero-order valence-corrected chi connectivity index (χ0v) is 19.7. The molecule has 0 aromatic heterocycles. The summed E-state index contributed by atoms with van der Waals surface area (Å²) >= 11 is 6.27.